The maximum Gasteiger partial charge on any atom is 0.306 e. The van der Waals surface area contributed by atoms with Gasteiger partial charge in [-0.1, -0.05) is 332 Å². The molecule has 0 aromatic carbocycles. The number of carbonyl (C=O) groups excluding carboxylic acids is 2. The van der Waals surface area contributed by atoms with Crippen LogP contribution in [0.1, 0.15) is 309 Å². The number of rotatable bonds is 69. The van der Waals surface area contributed by atoms with Crippen LogP contribution in [0.5, 0.6) is 0 Å². The Bertz CT molecular complexity index is 2150. The summed E-state index contributed by atoms with van der Waals surface area (Å²) >= 11 is 0. The third kappa shape index (κ3) is 76.6. The van der Waals surface area contributed by atoms with E-state index in [0.29, 0.717) is 17.4 Å². The molecule has 0 radical (unpaired) electrons. The van der Waals surface area contributed by atoms with Crippen LogP contribution < -0.4 is 4.89 Å². The molecule has 0 N–H and O–H groups in total. The van der Waals surface area contributed by atoms with Crippen molar-refractivity contribution in [1.29, 1.82) is 0 Å². The predicted octanol–water partition coefficient (Wildman–Crippen LogP) is 24.9. The van der Waals surface area contributed by atoms with Gasteiger partial charge in [-0.15, -0.1) is 0 Å². The van der Waals surface area contributed by atoms with E-state index in [-0.39, 0.29) is 32.0 Å². The lowest BCUT2D eigenvalue weighted by Crippen LogP contribution is -2.37. The number of ether oxygens (including phenoxy) is 2. The lowest BCUT2D eigenvalue weighted by Gasteiger charge is -2.28. The molecule has 0 heterocycles. The highest BCUT2D eigenvalue weighted by Crippen LogP contribution is 2.38. The summed E-state index contributed by atoms with van der Waals surface area (Å²) < 4.78 is 34.4. The number of unbranched alkanes of at least 4 members (excludes halogenated alkanes) is 29. The Kier molecular flexibility index (Phi) is 69.5. The van der Waals surface area contributed by atoms with Gasteiger partial charge in [0.1, 0.15) is 19.8 Å². The van der Waals surface area contributed by atoms with Gasteiger partial charge in [-0.25, -0.2) is 0 Å². The number of allylic oxidation sites excluding steroid dienone is 26. The van der Waals surface area contributed by atoms with Crippen molar-refractivity contribution >= 4 is 19.8 Å². The van der Waals surface area contributed by atoms with Crippen molar-refractivity contribution in [2.45, 2.75) is 315 Å². The molecule has 2 unspecified atom stereocenters. The second-order valence-electron chi connectivity index (χ2n) is 26.3. The van der Waals surface area contributed by atoms with Crippen LogP contribution in [0.4, 0.5) is 0 Å². The zero-order valence-electron chi connectivity index (χ0n) is 61.1. The Balaban J connectivity index is 4.04. The number of phosphoric ester groups is 1. The molecule has 0 saturated heterocycles. The van der Waals surface area contributed by atoms with E-state index >= 15 is 0 Å². The van der Waals surface area contributed by atoms with Gasteiger partial charge in [-0.3, -0.25) is 14.2 Å². The summed E-state index contributed by atoms with van der Waals surface area (Å²) in [6.07, 6.45) is 109. The molecule has 0 aromatic heterocycles. The summed E-state index contributed by atoms with van der Waals surface area (Å²) in [4.78, 5) is 38.2. The number of hydrogen-bond donors (Lipinski definition) is 0. The van der Waals surface area contributed by atoms with Crippen molar-refractivity contribution in [3.63, 3.8) is 0 Å². The third-order valence-corrected chi connectivity index (χ3v) is 17.0. The van der Waals surface area contributed by atoms with Gasteiger partial charge in [0.15, 0.2) is 6.10 Å². The lowest BCUT2D eigenvalue weighted by atomic mass is 10.0. The number of likely N-dealkylation sites (N-methyl/N-ethyl adjacent to an activating group) is 1. The zero-order chi connectivity index (χ0) is 68.3. The topological polar surface area (TPSA) is 111 Å². The van der Waals surface area contributed by atoms with E-state index in [1.165, 1.54) is 148 Å². The van der Waals surface area contributed by atoms with Gasteiger partial charge in [0, 0.05) is 12.8 Å². The molecule has 0 aliphatic heterocycles. The van der Waals surface area contributed by atoms with Gasteiger partial charge >= 0.3 is 11.9 Å². The van der Waals surface area contributed by atoms with Crippen molar-refractivity contribution in [2.24, 2.45) is 0 Å². The van der Waals surface area contributed by atoms with Gasteiger partial charge in [0.25, 0.3) is 7.82 Å². The summed E-state index contributed by atoms with van der Waals surface area (Å²) in [6, 6.07) is 0. The molecule has 0 spiro atoms. The molecule has 0 amide bonds. The van der Waals surface area contributed by atoms with Crippen LogP contribution in [0, 0.1) is 0 Å². The number of esters is 2. The average molecular weight is 1330 g/mol. The Hall–Kier alpha value is -4.37. The maximum absolute atomic E-state index is 12.9. The second-order valence-corrected chi connectivity index (χ2v) is 27.7. The Morgan fingerprint density at radius 3 is 0.851 bits per heavy atom. The molecule has 0 saturated carbocycles. The molecule has 0 rings (SSSR count). The highest BCUT2D eigenvalue weighted by Gasteiger charge is 2.22. The van der Waals surface area contributed by atoms with Crippen molar-refractivity contribution in [2.75, 3.05) is 47.5 Å². The second kappa shape index (κ2) is 72.9. The molecular formula is C84H142NO8P. The van der Waals surface area contributed by atoms with Crippen LogP contribution in [-0.2, 0) is 32.7 Å². The van der Waals surface area contributed by atoms with Gasteiger partial charge in [-0.2, -0.15) is 0 Å². The first-order chi connectivity index (χ1) is 46.0. The molecule has 10 heteroatoms. The quantitative estimate of drug-likeness (QED) is 0.0195. The molecule has 0 aromatic rings. The molecule has 2 atom stereocenters. The van der Waals surface area contributed by atoms with E-state index < -0.39 is 26.5 Å². The fourth-order valence-electron chi connectivity index (χ4n) is 10.3. The summed E-state index contributed by atoms with van der Waals surface area (Å²) in [5.41, 5.74) is 0. The van der Waals surface area contributed by atoms with Crippen molar-refractivity contribution in [3.8, 4) is 0 Å². The van der Waals surface area contributed by atoms with Crippen LogP contribution >= 0.6 is 7.82 Å². The van der Waals surface area contributed by atoms with Crippen LogP contribution in [0.15, 0.2) is 158 Å². The molecule has 94 heavy (non-hydrogen) atoms. The highest BCUT2D eigenvalue weighted by molar-refractivity contribution is 7.45. The minimum Gasteiger partial charge on any atom is -0.756 e. The minimum absolute atomic E-state index is 0.0366. The van der Waals surface area contributed by atoms with E-state index in [1.54, 1.807) is 0 Å². The van der Waals surface area contributed by atoms with Crippen LogP contribution in [0.25, 0.3) is 0 Å². The number of phosphoric acid groups is 1. The normalized spacial score (nSPS) is 14.0. The molecular weight excluding hydrogens is 1180 g/mol. The first-order valence-corrected chi connectivity index (χ1v) is 39.7. The zero-order valence-corrected chi connectivity index (χ0v) is 62.0. The Labute approximate surface area is 579 Å². The lowest BCUT2D eigenvalue weighted by molar-refractivity contribution is -0.870. The molecule has 0 bridgehead atoms. The number of carbonyl (C=O) groups is 2. The van der Waals surface area contributed by atoms with E-state index in [9.17, 15) is 19.0 Å². The third-order valence-electron chi connectivity index (χ3n) is 16.0. The summed E-state index contributed by atoms with van der Waals surface area (Å²) in [5, 5.41) is 0. The van der Waals surface area contributed by atoms with E-state index in [4.69, 9.17) is 18.5 Å². The number of quaternary nitrogens is 1. The van der Waals surface area contributed by atoms with E-state index in [2.05, 4.69) is 172 Å². The van der Waals surface area contributed by atoms with Crippen molar-refractivity contribution < 1.29 is 42.1 Å². The van der Waals surface area contributed by atoms with Crippen LogP contribution in [0.2, 0.25) is 0 Å². The predicted molar refractivity (Wildman–Crippen MR) is 406 cm³/mol. The maximum atomic E-state index is 12.9. The molecule has 9 nitrogen and oxygen atoms in total. The smallest absolute Gasteiger partial charge is 0.306 e. The Morgan fingerprint density at radius 1 is 0.330 bits per heavy atom. The average Bonchev–Trinajstić information content (AvgIpc) is 1.56. The van der Waals surface area contributed by atoms with Crippen molar-refractivity contribution in [3.05, 3.63) is 158 Å². The van der Waals surface area contributed by atoms with E-state index in [0.717, 1.165) is 128 Å². The fraction of sp³-hybridized carbons (Fsp3) is 0.667. The molecule has 0 aliphatic carbocycles. The molecule has 0 fully saturated rings. The number of hydrogen-bond acceptors (Lipinski definition) is 8. The Morgan fingerprint density at radius 2 is 0.574 bits per heavy atom. The summed E-state index contributed by atoms with van der Waals surface area (Å²) in [5.74, 6) is -0.834. The first kappa shape index (κ1) is 89.6. The minimum atomic E-state index is -4.65. The summed E-state index contributed by atoms with van der Waals surface area (Å²) in [7, 11) is 1.16. The van der Waals surface area contributed by atoms with Crippen molar-refractivity contribution in [1.82, 2.24) is 0 Å². The van der Waals surface area contributed by atoms with Gasteiger partial charge in [0.2, 0.25) is 0 Å². The number of nitrogens with zero attached hydrogens (tertiary/aromatic N) is 1. The standard InChI is InChI=1S/C84H142NO8P/c1-6-8-10-12-14-16-18-20-22-24-26-28-30-32-34-36-38-40-41-42-43-45-47-49-51-53-55-57-59-61-63-65-67-69-71-73-75-77-84(87)93-82(81-92-94(88,89)91-79-78-85(3,4)5)80-90-83(86)76-74-72-70-68-66-64-62-60-58-56-54-52-50-48-46-44-39-37-35-33-31-29-27-25-23-21-19-17-15-13-11-9-7-2/h8-11,14-17,20-23,26-29,32-35,38,40,42-43,47,49,82H,6-7,12-13,18-19,24-25,30-31,36-37,39,41,44-46,48,50-81H2,1-5H3/b10-8-,11-9-,16-14-,17-15-,22-20-,23-21-,28-26-,29-27-,34-32-,35-33-,40-38-,43-42-,49-47-. The SMILES string of the molecule is CC/C=C\C/C=C\C/C=C\C/C=C\C/C=C\C/C=C\C/C=C\C/C=C\CCCCCCCCCCCCCCC(=O)OC(COC(=O)CCCCCCCCCCCCCCCCCCC/C=C\C/C=C\C/C=C\C/C=C\C/C=C\CC)COP(=O)([O-])OCC[N+](C)(C)C. The largest absolute Gasteiger partial charge is 0.756 e. The molecule has 0 aliphatic rings. The van der Waals surface area contributed by atoms with Crippen LogP contribution in [0.3, 0.4) is 0 Å². The van der Waals surface area contributed by atoms with E-state index in [1.807, 2.05) is 21.1 Å². The monoisotopic (exact) mass is 1320 g/mol. The fourth-order valence-corrected chi connectivity index (χ4v) is 11.0. The highest BCUT2D eigenvalue weighted by atomic mass is 31.2. The first-order valence-electron chi connectivity index (χ1n) is 38.2. The molecule has 536 valence electrons. The summed E-state index contributed by atoms with van der Waals surface area (Å²) in [6.45, 7) is 4.03. The van der Waals surface area contributed by atoms with Crippen LogP contribution in [-0.4, -0.2) is 70.0 Å². The van der Waals surface area contributed by atoms with Gasteiger partial charge < -0.3 is 27.9 Å². The van der Waals surface area contributed by atoms with Gasteiger partial charge in [-0.05, 0) is 122 Å². The van der Waals surface area contributed by atoms with Gasteiger partial charge in [0.05, 0.1) is 27.7 Å².